The van der Waals surface area contributed by atoms with E-state index in [1.165, 1.54) is 12.1 Å². The fraction of sp³-hybridized carbons (Fsp3) is 0.0800. The first-order valence-electron chi connectivity index (χ1n) is 9.98. The fourth-order valence-electron chi connectivity index (χ4n) is 3.05. The van der Waals surface area contributed by atoms with E-state index in [1.54, 1.807) is 43.6 Å². The molecule has 1 heterocycles. The Kier molecular flexibility index (Phi) is 6.36. The summed E-state index contributed by atoms with van der Waals surface area (Å²) in [5.74, 6) is 1.39. The van der Waals surface area contributed by atoms with Gasteiger partial charge in [0.15, 0.2) is 5.82 Å². The number of hydrogen-bond donors (Lipinski definition) is 2. The highest BCUT2D eigenvalue weighted by atomic mass is 19.1. The number of nitrogens with one attached hydrogen (secondary N) is 2. The molecule has 0 saturated carbocycles. The number of carbonyl (C=O) groups is 1. The maximum atomic E-state index is 13.1. The van der Waals surface area contributed by atoms with Crippen molar-refractivity contribution in [3.05, 3.63) is 102 Å². The first-order chi connectivity index (χ1) is 15.6. The number of anilines is 2. The Morgan fingerprint density at radius 3 is 2.34 bits per heavy atom. The molecule has 0 aliphatic carbocycles. The third-order valence-electron chi connectivity index (χ3n) is 4.79. The monoisotopic (exact) mass is 428 g/mol. The Bertz CT molecular complexity index is 1190. The van der Waals surface area contributed by atoms with Crippen molar-refractivity contribution in [3.8, 4) is 17.1 Å². The van der Waals surface area contributed by atoms with Gasteiger partial charge < -0.3 is 15.4 Å². The van der Waals surface area contributed by atoms with Gasteiger partial charge in [-0.1, -0.05) is 12.1 Å². The molecule has 7 heteroatoms. The van der Waals surface area contributed by atoms with Crippen LogP contribution in [0.15, 0.2) is 85.1 Å². The van der Waals surface area contributed by atoms with Crippen molar-refractivity contribution in [1.29, 1.82) is 0 Å². The first-order valence-corrected chi connectivity index (χ1v) is 9.98. The quantitative estimate of drug-likeness (QED) is 0.435. The van der Waals surface area contributed by atoms with Gasteiger partial charge in [0, 0.05) is 29.6 Å². The van der Waals surface area contributed by atoms with Gasteiger partial charge in [0.1, 0.15) is 17.4 Å². The van der Waals surface area contributed by atoms with E-state index in [-0.39, 0.29) is 11.7 Å². The van der Waals surface area contributed by atoms with E-state index in [2.05, 4.69) is 20.6 Å². The largest absolute Gasteiger partial charge is 0.497 e. The van der Waals surface area contributed by atoms with Crippen molar-refractivity contribution in [2.24, 2.45) is 0 Å². The summed E-state index contributed by atoms with van der Waals surface area (Å²) in [6.45, 7) is 0.427. The highest BCUT2D eigenvalue weighted by molar-refractivity contribution is 5.94. The molecule has 0 atom stereocenters. The minimum Gasteiger partial charge on any atom is -0.497 e. The molecule has 160 valence electrons. The zero-order valence-electron chi connectivity index (χ0n) is 17.4. The van der Waals surface area contributed by atoms with Crippen molar-refractivity contribution in [3.63, 3.8) is 0 Å². The molecular formula is C25H21FN4O2. The zero-order valence-corrected chi connectivity index (χ0v) is 17.4. The first kappa shape index (κ1) is 21.0. The van der Waals surface area contributed by atoms with Crippen LogP contribution in [0.5, 0.6) is 5.75 Å². The third kappa shape index (κ3) is 5.26. The molecule has 1 amide bonds. The summed E-state index contributed by atoms with van der Waals surface area (Å²) in [7, 11) is 1.62. The second-order valence-corrected chi connectivity index (χ2v) is 7.01. The number of carbonyl (C=O) groups excluding carboxylic acids is 1. The summed E-state index contributed by atoms with van der Waals surface area (Å²) in [6.07, 6.45) is 1.63. The predicted octanol–water partition coefficient (Wildman–Crippen LogP) is 4.96. The van der Waals surface area contributed by atoms with Gasteiger partial charge in [-0.3, -0.25) is 4.79 Å². The van der Waals surface area contributed by atoms with Crippen molar-refractivity contribution in [1.82, 2.24) is 15.3 Å². The van der Waals surface area contributed by atoms with E-state index < -0.39 is 0 Å². The maximum absolute atomic E-state index is 13.1. The molecule has 0 aliphatic heterocycles. The molecule has 32 heavy (non-hydrogen) atoms. The number of nitrogens with zero attached hydrogens (tertiary/aromatic N) is 2. The lowest BCUT2D eigenvalue weighted by atomic mass is 10.1. The van der Waals surface area contributed by atoms with Crippen LogP contribution in [0, 0.1) is 5.82 Å². The van der Waals surface area contributed by atoms with Gasteiger partial charge in [0.2, 0.25) is 0 Å². The molecule has 4 rings (SSSR count). The van der Waals surface area contributed by atoms with Gasteiger partial charge in [-0.25, -0.2) is 14.4 Å². The average molecular weight is 428 g/mol. The third-order valence-corrected chi connectivity index (χ3v) is 4.79. The van der Waals surface area contributed by atoms with Crippen molar-refractivity contribution in [2.75, 3.05) is 12.4 Å². The maximum Gasteiger partial charge on any atom is 0.251 e. The summed E-state index contributed by atoms with van der Waals surface area (Å²) in [5.41, 5.74) is 3.04. The molecule has 3 aromatic carbocycles. The smallest absolute Gasteiger partial charge is 0.251 e. The summed E-state index contributed by atoms with van der Waals surface area (Å²) in [6, 6.07) is 22.4. The number of aromatic nitrogens is 2. The number of benzene rings is 3. The molecule has 6 nitrogen and oxygen atoms in total. The molecule has 2 N–H and O–H groups in total. The number of rotatable bonds is 7. The summed E-state index contributed by atoms with van der Waals surface area (Å²) in [5, 5.41) is 6.10. The molecule has 4 aromatic rings. The lowest BCUT2D eigenvalue weighted by molar-refractivity contribution is 0.0951. The lowest BCUT2D eigenvalue weighted by Crippen LogP contribution is -2.22. The SMILES string of the molecule is COc1ccc(CNC(=O)c2ccc(Nc3ccnc(-c4ccc(F)cc4)n3)cc2)cc1. The van der Waals surface area contributed by atoms with E-state index in [0.29, 0.717) is 23.8 Å². The van der Waals surface area contributed by atoms with Crippen LogP contribution in [0.25, 0.3) is 11.4 Å². The Balaban J connectivity index is 1.37. The number of halogens is 1. The van der Waals surface area contributed by atoms with Crippen molar-refractivity contribution >= 4 is 17.4 Å². The highest BCUT2D eigenvalue weighted by Gasteiger charge is 2.07. The van der Waals surface area contributed by atoms with E-state index >= 15 is 0 Å². The molecule has 0 unspecified atom stereocenters. The Labute approximate surface area is 185 Å². The Hall–Kier alpha value is -4.26. The number of hydrogen-bond acceptors (Lipinski definition) is 5. The average Bonchev–Trinajstić information content (AvgIpc) is 2.84. The van der Waals surface area contributed by atoms with E-state index in [9.17, 15) is 9.18 Å². The minimum absolute atomic E-state index is 0.159. The van der Waals surface area contributed by atoms with Crippen molar-refractivity contribution in [2.45, 2.75) is 6.54 Å². The van der Waals surface area contributed by atoms with Crippen LogP contribution in [0.2, 0.25) is 0 Å². The van der Waals surface area contributed by atoms with Crippen LogP contribution >= 0.6 is 0 Å². The summed E-state index contributed by atoms with van der Waals surface area (Å²) >= 11 is 0. The molecule has 0 bridgehead atoms. The van der Waals surface area contributed by atoms with Crippen LogP contribution in [0.4, 0.5) is 15.9 Å². The molecule has 1 aromatic heterocycles. The topological polar surface area (TPSA) is 76.1 Å². The molecule has 0 radical (unpaired) electrons. The normalized spacial score (nSPS) is 10.4. The van der Waals surface area contributed by atoms with Crippen LogP contribution in [0.3, 0.4) is 0 Å². The summed E-state index contributed by atoms with van der Waals surface area (Å²) < 4.78 is 18.3. The van der Waals surface area contributed by atoms with Gasteiger partial charge in [-0.2, -0.15) is 0 Å². The van der Waals surface area contributed by atoms with Gasteiger partial charge in [-0.15, -0.1) is 0 Å². The zero-order chi connectivity index (χ0) is 22.3. The lowest BCUT2D eigenvalue weighted by Gasteiger charge is -2.09. The summed E-state index contributed by atoms with van der Waals surface area (Å²) in [4.78, 5) is 21.1. The van der Waals surface area contributed by atoms with Gasteiger partial charge in [0.05, 0.1) is 7.11 Å². The van der Waals surface area contributed by atoms with Crippen LogP contribution in [-0.4, -0.2) is 23.0 Å². The van der Waals surface area contributed by atoms with E-state index in [0.717, 1.165) is 22.6 Å². The van der Waals surface area contributed by atoms with E-state index in [4.69, 9.17) is 4.74 Å². The minimum atomic E-state index is -0.309. The number of methoxy groups -OCH3 is 1. The molecule has 0 fully saturated rings. The van der Waals surface area contributed by atoms with Crippen molar-refractivity contribution < 1.29 is 13.9 Å². The predicted molar refractivity (Wildman–Crippen MR) is 121 cm³/mol. The van der Waals surface area contributed by atoms with Crippen LogP contribution < -0.4 is 15.4 Å². The highest BCUT2D eigenvalue weighted by Crippen LogP contribution is 2.20. The molecular weight excluding hydrogens is 407 g/mol. The van der Waals surface area contributed by atoms with E-state index in [1.807, 2.05) is 36.4 Å². The van der Waals surface area contributed by atoms with Gasteiger partial charge in [0.25, 0.3) is 5.91 Å². The number of amides is 1. The second-order valence-electron chi connectivity index (χ2n) is 7.01. The molecule has 0 saturated heterocycles. The molecule has 0 aliphatic rings. The Morgan fingerprint density at radius 1 is 0.938 bits per heavy atom. The standard InChI is InChI=1S/C25H21FN4O2/c1-32-22-12-2-17(3-13-22)16-28-25(31)19-6-10-21(11-7-19)29-23-14-15-27-24(30-23)18-4-8-20(26)9-5-18/h2-15H,16H2,1H3,(H,28,31)(H,27,29,30). The van der Waals surface area contributed by atoms with Crippen LogP contribution in [0.1, 0.15) is 15.9 Å². The van der Waals surface area contributed by atoms with Gasteiger partial charge >= 0.3 is 0 Å². The van der Waals surface area contributed by atoms with Crippen LogP contribution in [-0.2, 0) is 6.54 Å². The van der Waals surface area contributed by atoms with Gasteiger partial charge in [-0.05, 0) is 72.3 Å². The fourth-order valence-corrected chi connectivity index (χ4v) is 3.05. The number of ether oxygens (including phenoxy) is 1. The second kappa shape index (κ2) is 9.70. The molecule has 0 spiro atoms. The Morgan fingerprint density at radius 2 is 1.66 bits per heavy atom.